The first-order valence-electron chi connectivity index (χ1n) is 11.6. The van der Waals surface area contributed by atoms with E-state index in [9.17, 15) is 18.7 Å². The highest BCUT2D eigenvalue weighted by atomic mass is 19.3. The number of carbonyl (C=O) groups is 1. The van der Waals surface area contributed by atoms with Crippen LogP contribution >= 0.6 is 0 Å². The van der Waals surface area contributed by atoms with Gasteiger partial charge in [0.2, 0.25) is 12.0 Å². The monoisotopic (exact) mass is 438 g/mol. The normalized spacial score (nSPS) is 20.6. The Morgan fingerprint density at radius 3 is 2.42 bits per heavy atom. The Morgan fingerprint density at radius 2 is 1.87 bits per heavy atom. The van der Waals surface area contributed by atoms with Crippen molar-refractivity contribution in [1.29, 1.82) is 0 Å². The van der Waals surface area contributed by atoms with E-state index in [1.165, 1.54) is 24.2 Å². The van der Waals surface area contributed by atoms with Gasteiger partial charge >= 0.3 is 5.92 Å². The molecule has 0 aromatic carbocycles. The summed E-state index contributed by atoms with van der Waals surface area (Å²) in [5, 5.41) is 9.75. The second kappa shape index (κ2) is 9.39. The molecular weight excluding hydrogens is 402 g/mol. The first-order chi connectivity index (χ1) is 14.6. The molecule has 1 amide bonds. The molecule has 5 nitrogen and oxygen atoms in total. The van der Waals surface area contributed by atoms with E-state index in [0.29, 0.717) is 37.9 Å². The van der Waals surface area contributed by atoms with Crippen molar-refractivity contribution in [2.45, 2.75) is 95.5 Å². The van der Waals surface area contributed by atoms with Gasteiger partial charge in [-0.15, -0.1) is 0 Å². The molecule has 1 aromatic rings. The Bertz CT molecular complexity index is 776. The highest BCUT2D eigenvalue weighted by Crippen LogP contribution is 2.42. The fourth-order valence-corrected chi connectivity index (χ4v) is 5.02. The molecule has 1 aliphatic carbocycles. The molecule has 2 heterocycles. The molecule has 31 heavy (non-hydrogen) atoms. The van der Waals surface area contributed by atoms with Crippen molar-refractivity contribution in [3.05, 3.63) is 30.0 Å². The quantitative estimate of drug-likeness (QED) is 0.610. The lowest BCUT2D eigenvalue weighted by atomic mass is 9.73. The van der Waals surface area contributed by atoms with Crippen molar-refractivity contribution in [3.63, 3.8) is 0 Å². The number of alkyl halides is 2. The zero-order valence-corrected chi connectivity index (χ0v) is 19.0. The van der Waals surface area contributed by atoms with Crippen molar-refractivity contribution in [2.24, 2.45) is 5.92 Å². The maximum atomic E-state index is 13.6. The number of aliphatic hydroxyl groups excluding tert-OH is 1. The van der Waals surface area contributed by atoms with E-state index in [0.717, 1.165) is 36.6 Å². The summed E-state index contributed by atoms with van der Waals surface area (Å²) in [6.07, 6.45) is 6.13. The zero-order chi connectivity index (χ0) is 22.8. The van der Waals surface area contributed by atoms with Crippen molar-refractivity contribution >= 4 is 5.91 Å². The minimum Gasteiger partial charge on any atom is -0.445 e. The van der Waals surface area contributed by atoms with Crippen LogP contribution in [-0.2, 0) is 16.6 Å². The summed E-state index contributed by atoms with van der Waals surface area (Å²) in [5.74, 6) is -2.12. The maximum absolute atomic E-state index is 13.6. The first-order valence-corrected chi connectivity index (χ1v) is 11.6. The van der Waals surface area contributed by atoms with Gasteiger partial charge in [-0.05, 0) is 44.1 Å². The highest BCUT2D eigenvalue weighted by molar-refractivity contribution is 5.82. The van der Waals surface area contributed by atoms with Gasteiger partial charge in [-0.1, -0.05) is 46.6 Å². The Kier molecular flexibility index (Phi) is 7.24. The molecule has 7 heteroatoms. The van der Waals surface area contributed by atoms with Gasteiger partial charge in [0.1, 0.15) is 5.76 Å². The average molecular weight is 439 g/mol. The Morgan fingerprint density at radius 1 is 1.26 bits per heavy atom. The number of piperidine rings is 1. The van der Waals surface area contributed by atoms with E-state index in [1.807, 2.05) is 0 Å². The van der Waals surface area contributed by atoms with Crippen molar-refractivity contribution in [3.8, 4) is 0 Å². The Hall–Kier alpha value is -1.76. The molecule has 2 aliphatic rings. The van der Waals surface area contributed by atoms with Gasteiger partial charge < -0.3 is 14.4 Å². The van der Waals surface area contributed by atoms with Crippen LogP contribution in [0.1, 0.15) is 89.0 Å². The largest absolute Gasteiger partial charge is 0.445 e. The second-order valence-corrected chi connectivity index (χ2v) is 9.62. The predicted molar refractivity (Wildman–Crippen MR) is 115 cm³/mol. The molecule has 2 fully saturated rings. The summed E-state index contributed by atoms with van der Waals surface area (Å²) in [5.41, 5.74) is 0.729. The minimum atomic E-state index is -3.63. The number of rotatable bonds is 7. The number of aromatic nitrogens is 1. The van der Waals surface area contributed by atoms with Crippen molar-refractivity contribution < 1.29 is 23.1 Å². The summed E-state index contributed by atoms with van der Waals surface area (Å²) in [7, 11) is 0. The number of hydrogen-bond acceptors (Lipinski definition) is 4. The third kappa shape index (κ3) is 4.86. The third-order valence-corrected chi connectivity index (χ3v) is 7.29. The van der Waals surface area contributed by atoms with Gasteiger partial charge in [0.25, 0.3) is 5.91 Å². The van der Waals surface area contributed by atoms with Gasteiger partial charge in [0.15, 0.2) is 0 Å². The fraction of sp³-hybridized carbons (Fsp3) is 0.750. The van der Waals surface area contributed by atoms with Crippen LogP contribution in [0, 0.1) is 5.92 Å². The Balaban J connectivity index is 1.69. The highest BCUT2D eigenvalue weighted by Gasteiger charge is 2.45. The maximum Gasteiger partial charge on any atom is 0.300 e. The van der Waals surface area contributed by atoms with Crippen LogP contribution in [0.3, 0.4) is 0 Å². The summed E-state index contributed by atoms with van der Waals surface area (Å²) in [6.45, 7) is 10.0. The van der Waals surface area contributed by atoms with Gasteiger partial charge in [-0.25, -0.2) is 4.98 Å². The number of carbonyl (C=O) groups excluding carboxylic acids is 1. The van der Waals surface area contributed by atoms with E-state index in [4.69, 9.17) is 9.40 Å². The summed E-state index contributed by atoms with van der Waals surface area (Å²) < 4.78 is 33.7. The molecule has 0 spiro atoms. The van der Waals surface area contributed by atoms with Crippen molar-refractivity contribution in [1.82, 2.24) is 9.88 Å². The molecule has 0 bridgehead atoms. The molecule has 1 saturated heterocycles. The third-order valence-electron chi connectivity index (χ3n) is 7.29. The van der Waals surface area contributed by atoms with Crippen LogP contribution < -0.4 is 0 Å². The lowest BCUT2D eigenvalue weighted by molar-refractivity contribution is -0.157. The molecule has 174 valence electrons. The Labute approximate surface area is 183 Å². The van der Waals surface area contributed by atoms with E-state index in [2.05, 4.69) is 27.4 Å². The topological polar surface area (TPSA) is 66.6 Å². The standard InChI is InChI=1S/C24H36F2N2O3/c1-5-18-19(16-10-8-7-9-11-16)31-22(27-18)23(3,4)17-12-14-28(15-13-17)21(30)20(29)24(25,26)6-2/h6,16-17,20,29H,2,5,7-15H2,1,3-4H3/t20-/m1/s1. The molecule has 1 saturated carbocycles. The van der Waals surface area contributed by atoms with Crippen LogP contribution in [0.4, 0.5) is 8.78 Å². The number of aliphatic hydroxyl groups is 1. The SMILES string of the molecule is C=CC(F)(F)[C@H](O)C(=O)N1CCC(C(C)(C)c2nc(CC)c(C3CCCCC3)o2)CC1. The van der Waals surface area contributed by atoms with Crippen LogP contribution in [0.2, 0.25) is 0 Å². The van der Waals surface area contributed by atoms with Crippen LogP contribution in [0.25, 0.3) is 0 Å². The molecule has 1 N–H and O–H groups in total. The summed E-state index contributed by atoms with van der Waals surface area (Å²) >= 11 is 0. The number of aryl methyl sites for hydroxylation is 1. The van der Waals surface area contributed by atoms with Gasteiger partial charge in [-0.2, -0.15) is 8.78 Å². The van der Waals surface area contributed by atoms with Crippen LogP contribution in [0.5, 0.6) is 0 Å². The zero-order valence-electron chi connectivity index (χ0n) is 19.0. The average Bonchev–Trinajstić information content (AvgIpc) is 3.24. The van der Waals surface area contributed by atoms with E-state index >= 15 is 0 Å². The molecule has 0 unspecified atom stereocenters. The summed E-state index contributed by atoms with van der Waals surface area (Å²) in [6, 6.07) is 0. The first kappa shape index (κ1) is 23.9. The predicted octanol–water partition coefficient (Wildman–Crippen LogP) is 4.98. The molecular formula is C24H36F2N2O3. The van der Waals surface area contributed by atoms with Crippen LogP contribution in [0.15, 0.2) is 17.1 Å². The number of hydrogen-bond donors (Lipinski definition) is 1. The number of halogens is 2. The lowest BCUT2D eigenvalue weighted by Gasteiger charge is -2.40. The molecule has 0 radical (unpaired) electrons. The van der Waals surface area contributed by atoms with Gasteiger partial charge in [-0.3, -0.25) is 4.79 Å². The number of oxazole rings is 1. The number of amides is 1. The van der Waals surface area contributed by atoms with Gasteiger partial charge in [0.05, 0.1) is 5.69 Å². The second-order valence-electron chi connectivity index (χ2n) is 9.62. The lowest BCUT2D eigenvalue weighted by Crippen LogP contribution is -2.51. The van der Waals surface area contributed by atoms with Crippen molar-refractivity contribution in [2.75, 3.05) is 13.1 Å². The molecule has 1 atom stereocenters. The molecule has 1 aliphatic heterocycles. The number of likely N-dealkylation sites (tertiary alicyclic amines) is 1. The smallest absolute Gasteiger partial charge is 0.300 e. The fourth-order valence-electron chi connectivity index (χ4n) is 5.02. The van der Waals surface area contributed by atoms with E-state index in [1.54, 1.807) is 0 Å². The molecule has 1 aromatic heterocycles. The minimum absolute atomic E-state index is 0.205. The van der Waals surface area contributed by atoms with Gasteiger partial charge in [0, 0.05) is 24.4 Å². The summed E-state index contributed by atoms with van der Waals surface area (Å²) in [4.78, 5) is 18.5. The van der Waals surface area contributed by atoms with E-state index < -0.39 is 17.9 Å². The van der Waals surface area contributed by atoms with E-state index in [-0.39, 0.29) is 11.3 Å². The van der Waals surface area contributed by atoms with Crippen LogP contribution in [-0.4, -0.2) is 46.0 Å². The number of nitrogens with zero attached hydrogens (tertiary/aromatic N) is 2. The molecule has 3 rings (SSSR count).